The standard InChI is InChI=1S/C18H16F2O/c1-11-6-9-15(19)16(17(11)20)18(21)14-8-7-12-4-2-3-5-13(12)10-14/h2-6,9,14H,7-8,10H2,1H3. The summed E-state index contributed by atoms with van der Waals surface area (Å²) in [5.74, 6) is -2.24. The molecule has 2 aromatic rings. The predicted octanol–water partition coefficient (Wildman–Crippen LogP) is 4.26. The summed E-state index contributed by atoms with van der Waals surface area (Å²) in [6.07, 6.45) is 1.98. The average molecular weight is 286 g/mol. The first-order valence-corrected chi connectivity index (χ1v) is 7.13. The Labute approximate surface area is 122 Å². The first-order chi connectivity index (χ1) is 10.1. The second kappa shape index (κ2) is 5.40. The van der Waals surface area contributed by atoms with E-state index in [9.17, 15) is 13.6 Å². The first kappa shape index (κ1) is 13.9. The third-order valence-corrected chi connectivity index (χ3v) is 4.25. The number of hydrogen-bond acceptors (Lipinski definition) is 1. The van der Waals surface area contributed by atoms with Crippen LogP contribution < -0.4 is 0 Å². The molecule has 1 nitrogen and oxygen atoms in total. The lowest BCUT2D eigenvalue weighted by Crippen LogP contribution is -2.24. The van der Waals surface area contributed by atoms with E-state index in [-0.39, 0.29) is 11.5 Å². The Morgan fingerprint density at radius 1 is 1.10 bits per heavy atom. The number of rotatable bonds is 2. The molecule has 3 rings (SSSR count). The Morgan fingerprint density at radius 3 is 2.57 bits per heavy atom. The van der Waals surface area contributed by atoms with Gasteiger partial charge in [-0.15, -0.1) is 0 Å². The summed E-state index contributed by atoms with van der Waals surface area (Å²) in [5.41, 5.74) is 2.26. The Hall–Kier alpha value is -2.03. The van der Waals surface area contributed by atoms with Crippen LogP contribution in [0.3, 0.4) is 0 Å². The summed E-state index contributed by atoms with van der Waals surface area (Å²) in [4.78, 5) is 12.5. The second-order valence-corrected chi connectivity index (χ2v) is 5.63. The number of hydrogen-bond donors (Lipinski definition) is 0. The highest BCUT2D eigenvalue weighted by molar-refractivity contribution is 5.98. The van der Waals surface area contributed by atoms with Crippen molar-refractivity contribution in [1.82, 2.24) is 0 Å². The largest absolute Gasteiger partial charge is 0.294 e. The highest BCUT2D eigenvalue weighted by Crippen LogP contribution is 2.29. The maximum Gasteiger partial charge on any atom is 0.172 e. The van der Waals surface area contributed by atoms with Gasteiger partial charge in [-0.3, -0.25) is 4.79 Å². The molecule has 21 heavy (non-hydrogen) atoms. The maximum absolute atomic E-state index is 14.1. The number of carbonyl (C=O) groups excluding carboxylic acids is 1. The lowest BCUT2D eigenvalue weighted by molar-refractivity contribution is 0.0899. The molecule has 0 heterocycles. The molecule has 2 aromatic carbocycles. The summed E-state index contributed by atoms with van der Waals surface area (Å²) in [5, 5.41) is 0. The van der Waals surface area contributed by atoms with E-state index in [0.717, 1.165) is 12.0 Å². The molecular weight excluding hydrogens is 270 g/mol. The van der Waals surface area contributed by atoms with Gasteiger partial charge in [-0.1, -0.05) is 30.3 Å². The van der Waals surface area contributed by atoms with E-state index in [2.05, 4.69) is 0 Å². The molecule has 108 valence electrons. The van der Waals surface area contributed by atoms with Gasteiger partial charge in [-0.05, 0) is 48.9 Å². The van der Waals surface area contributed by atoms with E-state index in [1.54, 1.807) is 6.92 Å². The molecule has 0 aromatic heterocycles. The second-order valence-electron chi connectivity index (χ2n) is 5.63. The van der Waals surface area contributed by atoms with Crippen LogP contribution in [0.25, 0.3) is 0 Å². The first-order valence-electron chi connectivity index (χ1n) is 7.13. The Balaban J connectivity index is 1.93. The SMILES string of the molecule is Cc1ccc(F)c(C(=O)C2CCc3ccccc3C2)c1F. The minimum Gasteiger partial charge on any atom is -0.294 e. The summed E-state index contributed by atoms with van der Waals surface area (Å²) in [6.45, 7) is 1.54. The number of benzene rings is 2. The molecule has 0 radical (unpaired) electrons. The van der Waals surface area contributed by atoms with Crippen molar-refractivity contribution in [3.05, 3.63) is 70.3 Å². The molecule has 0 saturated heterocycles. The van der Waals surface area contributed by atoms with Crippen LogP contribution in [0.2, 0.25) is 0 Å². The molecule has 3 heteroatoms. The van der Waals surface area contributed by atoms with Gasteiger partial charge in [0, 0.05) is 5.92 Å². The Morgan fingerprint density at radius 2 is 1.81 bits per heavy atom. The molecular formula is C18H16F2O. The molecule has 1 unspecified atom stereocenters. The molecule has 0 fully saturated rings. The van der Waals surface area contributed by atoms with Crippen LogP contribution in [0.5, 0.6) is 0 Å². The molecule has 0 amide bonds. The summed E-state index contributed by atoms with van der Waals surface area (Å²) in [6, 6.07) is 10.5. The van der Waals surface area contributed by atoms with Gasteiger partial charge < -0.3 is 0 Å². The molecule has 0 bridgehead atoms. The highest BCUT2D eigenvalue weighted by atomic mass is 19.1. The fraction of sp³-hybridized carbons (Fsp3) is 0.278. The number of fused-ring (bicyclic) bond motifs is 1. The molecule has 1 aliphatic carbocycles. The third-order valence-electron chi connectivity index (χ3n) is 4.25. The zero-order valence-electron chi connectivity index (χ0n) is 11.8. The van der Waals surface area contributed by atoms with Gasteiger partial charge in [-0.25, -0.2) is 8.78 Å². The molecule has 0 aliphatic heterocycles. The van der Waals surface area contributed by atoms with Crippen LogP contribution in [0.15, 0.2) is 36.4 Å². The number of aryl methyl sites for hydroxylation is 2. The number of halogens is 2. The molecule has 0 N–H and O–H groups in total. The topological polar surface area (TPSA) is 17.1 Å². The summed E-state index contributed by atoms with van der Waals surface area (Å²) >= 11 is 0. The maximum atomic E-state index is 14.1. The Bertz CT molecular complexity index is 706. The average Bonchev–Trinajstić information content (AvgIpc) is 2.51. The van der Waals surface area contributed by atoms with Gasteiger partial charge >= 0.3 is 0 Å². The van der Waals surface area contributed by atoms with Crippen molar-refractivity contribution < 1.29 is 13.6 Å². The van der Waals surface area contributed by atoms with E-state index in [1.807, 2.05) is 24.3 Å². The highest BCUT2D eigenvalue weighted by Gasteiger charge is 2.29. The van der Waals surface area contributed by atoms with Gasteiger partial charge in [0.25, 0.3) is 0 Å². The van der Waals surface area contributed by atoms with Crippen molar-refractivity contribution in [3.8, 4) is 0 Å². The van der Waals surface area contributed by atoms with Crippen LogP contribution in [-0.2, 0) is 12.8 Å². The number of Topliss-reactive ketones (excluding diaryl/α,β-unsaturated/α-hetero) is 1. The minimum atomic E-state index is -0.762. The van der Waals surface area contributed by atoms with Crippen molar-refractivity contribution in [2.24, 2.45) is 5.92 Å². The van der Waals surface area contributed by atoms with Gasteiger partial charge in [-0.2, -0.15) is 0 Å². The number of ketones is 1. The van der Waals surface area contributed by atoms with Crippen LogP contribution in [0, 0.1) is 24.5 Å². The fourth-order valence-corrected chi connectivity index (χ4v) is 3.01. The van der Waals surface area contributed by atoms with Crippen molar-refractivity contribution in [2.75, 3.05) is 0 Å². The Kier molecular flexibility index (Phi) is 3.58. The summed E-state index contributed by atoms with van der Waals surface area (Å²) in [7, 11) is 0. The smallest absolute Gasteiger partial charge is 0.172 e. The number of carbonyl (C=O) groups is 1. The third kappa shape index (κ3) is 2.48. The van der Waals surface area contributed by atoms with Crippen molar-refractivity contribution in [3.63, 3.8) is 0 Å². The minimum absolute atomic E-state index is 0.302. The lowest BCUT2D eigenvalue weighted by atomic mass is 9.80. The zero-order chi connectivity index (χ0) is 15.0. The predicted molar refractivity (Wildman–Crippen MR) is 77.4 cm³/mol. The normalized spacial score (nSPS) is 17.4. The van der Waals surface area contributed by atoms with Crippen LogP contribution in [0.1, 0.15) is 33.5 Å². The van der Waals surface area contributed by atoms with E-state index >= 15 is 0 Å². The molecule has 0 spiro atoms. The monoisotopic (exact) mass is 286 g/mol. The fourth-order valence-electron chi connectivity index (χ4n) is 3.01. The van der Waals surface area contributed by atoms with E-state index in [0.29, 0.717) is 18.4 Å². The van der Waals surface area contributed by atoms with E-state index in [4.69, 9.17) is 0 Å². The van der Waals surface area contributed by atoms with Gasteiger partial charge in [0.15, 0.2) is 5.78 Å². The van der Waals surface area contributed by atoms with Crippen molar-refractivity contribution >= 4 is 5.78 Å². The lowest BCUT2D eigenvalue weighted by Gasteiger charge is -2.24. The van der Waals surface area contributed by atoms with E-state index < -0.39 is 17.4 Å². The van der Waals surface area contributed by atoms with Crippen LogP contribution >= 0.6 is 0 Å². The van der Waals surface area contributed by atoms with Crippen LogP contribution in [0.4, 0.5) is 8.78 Å². The van der Waals surface area contributed by atoms with Crippen molar-refractivity contribution in [1.29, 1.82) is 0 Å². The van der Waals surface area contributed by atoms with Gasteiger partial charge in [0.2, 0.25) is 0 Å². The van der Waals surface area contributed by atoms with Gasteiger partial charge in [0.1, 0.15) is 11.6 Å². The molecule has 0 saturated carbocycles. The van der Waals surface area contributed by atoms with Gasteiger partial charge in [0.05, 0.1) is 5.56 Å². The van der Waals surface area contributed by atoms with Crippen LogP contribution in [-0.4, -0.2) is 5.78 Å². The quantitative estimate of drug-likeness (QED) is 0.754. The molecule has 1 aliphatic rings. The summed E-state index contributed by atoms with van der Waals surface area (Å²) < 4.78 is 28.0. The molecule has 1 atom stereocenters. The van der Waals surface area contributed by atoms with Crippen molar-refractivity contribution in [2.45, 2.75) is 26.2 Å². The van der Waals surface area contributed by atoms with E-state index in [1.165, 1.54) is 17.7 Å². The zero-order valence-corrected chi connectivity index (χ0v) is 11.8.